The molecule has 0 amide bonds. The van der Waals surface area contributed by atoms with E-state index in [1.807, 2.05) is 18.0 Å². The third-order valence-corrected chi connectivity index (χ3v) is 3.42. The fraction of sp³-hybridized carbons (Fsp3) is 0.333. The van der Waals surface area contributed by atoms with Gasteiger partial charge in [-0.2, -0.15) is 0 Å². The summed E-state index contributed by atoms with van der Waals surface area (Å²) in [6.45, 7) is 5.84. The fourth-order valence-corrected chi connectivity index (χ4v) is 2.20. The number of rotatable bonds is 6. The molecule has 0 aliphatic heterocycles. The van der Waals surface area contributed by atoms with E-state index in [1.54, 1.807) is 12.1 Å². The van der Waals surface area contributed by atoms with Crippen LogP contribution in [-0.4, -0.2) is 13.1 Å². The Hall–Kier alpha value is -1.87. The van der Waals surface area contributed by atoms with Crippen molar-refractivity contribution in [3.63, 3.8) is 0 Å². The molecule has 2 rings (SSSR count). The van der Waals surface area contributed by atoms with Crippen LogP contribution in [0.5, 0.6) is 0 Å². The highest BCUT2D eigenvalue weighted by Gasteiger charge is 2.07. The normalized spacial score (nSPS) is 10.9. The predicted octanol–water partition coefficient (Wildman–Crippen LogP) is 3.96. The summed E-state index contributed by atoms with van der Waals surface area (Å²) in [5.41, 5.74) is 3.07. The van der Waals surface area contributed by atoms with Crippen molar-refractivity contribution in [2.45, 2.75) is 33.0 Å². The summed E-state index contributed by atoms with van der Waals surface area (Å²) in [5.74, 6) is -0.183. The van der Waals surface area contributed by atoms with Crippen LogP contribution in [0.4, 0.5) is 10.1 Å². The Morgan fingerprint density at radius 1 is 1.00 bits per heavy atom. The first-order chi connectivity index (χ1) is 10.1. The SMILES string of the molecule is CC(C)NCc1ccc(CN(C)c2ccccc2F)cc1. The molecule has 0 aromatic heterocycles. The number of halogens is 1. The second kappa shape index (κ2) is 7.23. The molecule has 1 N–H and O–H groups in total. The maximum Gasteiger partial charge on any atom is 0.146 e. The summed E-state index contributed by atoms with van der Waals surface area (Å²) in [7, 11) is 1.91. The Bertz CT molecular complexity index is 564. The Labute approximate surface area is 126 Å². The van der Waals surface area contributed by atoms with E-state index >= 15 is 0 Å². The molecule has 0 bridgehead atoms. The van der Waals surface area contributed by atoms with Gasteiger partial charge in [-0.05, 0) is 23.3 Å². The Balaban J connectivity index is 1.98. The zero-order chi connectivity index (χ0) is 15.2. The third-order valence-electron chi connectivity index (χ3n) is 3.42. The predicted molar refractivity (Wildman–Crippen MR) is 86.9 cm³/mol. The van der Waals surface area contributed by atoms with Crippen molar-refractivity contribution in [2.75, 3.05) is 11.9 Å². The maximum atomic E-state index is 13.7. The van der Waals surface area contributed by atoms with Gasteiger partial charge in [0.25, 0.3) is 0 Å². The molecule has 3 heteroatoms. The Morgan fingerprint density at radius 3 is 2.24 bits per heavy atom. The summed E-state index contributed by atoms with van der Waals surface area (Å²) in [6, 6.07) is 15.8. The van der Waals surface area contributed by atoms with Gasteiger partial charge in [0.15, 0.2) is 0 Å². The summed E-state index contributed by atoms with van der Waals surface area (Å²) in [4.78, 5) is 1.93. The lowest BCUT2D eigenvalue weighted by molar-refractivity contribution is 0.589. The van der Waals surface area contributed by atoms with Crippen molar-refractivity contribution >= 4 is 5.69 Å². The number of anilines is 1. The zero-order valence-corrected chi connectivity index (χ0v) is 12.9. The van der Waals surface area contributed by atoms with Gasteiger partial charge in [-0.15, -0.1) is 0 Å². The van der Waals surface area contributed by atoms with Gasteiger partial charge < -0.3 is 10.2 Å². The average molecular weight is 286 g/mol. The van der Waals surface area contributed by atoms with Crippen LogP contribution in [-0.2, 0) is 13.1 Å². The first kappa shape index (κ1) is 15.5. The molecule has 0 fully saturated rings. The quantitative estimate of drug-likeness (QED) is 0.864. The van der Waals surface area contributed by atoms with E-state index in [0.29, 0.717) is 18.3 Å². The van der Waals surface area contributed by atoms with Crippen molar-refractivity contribution in [2.24, 2.45) is 0 Å². The van der Waals surface area contributed by atoms with Crippen molar-refractivity contribution < 1.29 is 4.39 Å². The van der Waals surface area contributed by atoms with Crippen LogP contribution in [0, 0.1) is 5.82 Å². The molecule has 0 radical (unpaired) electrons. The number of nitrogens with zero attached hydrogens (tertiary/aromatic N) is 1. The lowest BCUT2D eigenvalue weighted by atomic mass is 10.1. The molecule has 0 unspecified atom stereocenters. The number of nitrogens with one attached hydrogen (secondary N) is 1. The fourth-order valence-electron chi connectivity index (χ4n) is 2.20. The molecule has 112 valence electrons. The molecule has 0 aliphatic rings. The van der Waals surface area contributed by atoms with E-state index < -0.39 is 0 Å². The van der Waals surface area contributed by atoms with Crippen LogP contribution in [0.2, 0.25) is 0 Å². The highest BCUT2D eigenvalue weighted by Crippen LogP contribution is 2.19. The van der Waals surface area contributed by atoms with Gasteiger partial charge in [-0.25, -0.2) is 4.39 Å². The molecular formula is C18H23FN2. The van der Waals surface area contributed by atoms with Crippen molar-refractivity contribution in [1.29, 1.82) is 0 Å². The highest BCUT2D eigenvalue weighted by atomic mass is 19.1. The first-order valence-electron chi connectivity index (χ1n) is 7.33. The Morgan fingerprint density at radius 2 is 1.62 bits per heavy atom. The van der Waals surface area contributed by atoms with Crippen LogP contribution >= 0.6 is 0 Å². The van der Waals surface area contributed by atoms with Gasteiger partial charge in [0.05, 0.1) is 5.69 Å². The maximum absolute atomic E-state index is 13.7. The summed E-state index contributed by atoms with van der Waals surface area (Å²) >= 11 is 0. The van der Waals surface area contributed by atoms with Gasteiger partial charge in [0.2, 0.25) is 0 Å². The largest absolute Gasteiger partial charge is 0.368 e. The van der Waals surface area contributed by atoms with Crippen molar-refractivity contribution in [3.05, 3.63) is 65.5 Å². The molecule has 0 aliphatic carbocycles. The molecule has 21 heavy (non-hydrogen) atoms. The van der Waals surface area contributed by atoms with Gasteiger partial charge in [0, 0.05) is 26.2 Å². The molecule has 2 aromatic rings. The van der Waals surface area contributed by atoms with Crippen molar-refractivity contribution in [3.8, 4) is 0 Å². The van der Waals surface area contributed by atoms with E-state index in [0.717, 1.165) is 6.54 Å². The van der Waals surface area contributed by atoms with Gasteiger partial charge in [-0.1, -0.05) is 50.2 Å². The second-order valence-corrected chi connectivity index (χ2v) is 5.66. The minimum absolute atomic E-state index is 0.183. The van der Waals surface area contributed by atoms with E-state index in [9.17, 15) is 4.39 Å². The highest BCUT2D eigenvalue weighted by molar-refractivity contribution is 5.47. The van der Waals surface area contributed by atoms with Crippen LogP contribution in [0.1, 0.15) is 25.0 Å². The second-order valence-electron chi connectivity index (χ2n) is 5.66. The molecule has 0 heterocycles. The van der Waals surface area contributed by atoms with Crippen molar-refractivity contribution in [1.82, 2.24) is 5.32 Å². The van der Waals surface area contributed by atoms with E-state index in [2.05, 4.69) is 43.4 Å². The molecule has 2 aromatic carbocycles. The standard InChI is InChI=1S/C18H23FN2/c1-14(2)20-12-15-8-10-16(11-9-15)13-21(3)18-7-5-4-6-17(18)19/h4-11,14,20H,12-13H2,1-3H3. The molecule has 2 nitrogen and oxygen atoms in total. The van der Waals surface area contributed by atoms with Crippen LogP contribution in [0.3, 0.4) is 0 Å². The molecular weight excluding hydrogens is 263 g/mol. The van der Waals surface area contributed by atoms with Crippen LogP contribution < -0.4 is 10.2 Å². The topological polar surface area (TPSA) is 15.3 Å². The smallest absolute Gasteiger partial charge is 0.146 e. The minimum Gasteiger partial charge on any atom is -0.368 e. The monoisotopic (exact) mass is 286 g/mol. The molecule has 0 saturated carbocycles. The zero-order valence-electron chi connectivity index (χ0n) is 12.9. The summed E-state index contributed by atoms with van der Waals surface area (Å²) < 4.78 is 13.7. The van der Waals surface area contributed by atoms with E-state index in [4.69, 9.17) is 0 Å². The summed E-state index contributed by atoms with van der Waals surface area (Å²) in [5, 5.41) is 3.40. The van der Waals surface area contributed by atoms with Gasteiger partial charge >= 0.3 is 0 Å². The average Bonchev–Trinajstić information content (AvgIpc) is 2.47. The molecule has 0 atom stereocenters. The number of hydrogen-bond acceptors (Lipinski definition) is 2. The Kier molecular flexibility index (Phi) is 5.34. The lowest BCUT2D eigenvalue weighted by Crippen LogP contribution is -2.21. The first-order valence-corrected chi connectivity index (χ1v) is 7.33. The third kappa shape index (κ3) is 4.57. The number of para-hydroxylation sites is 1. The lowest BCUT2D eigenvalue weighted by Gasteiger charge is -2.20. The van der Waals surface area contributed by atoms with Gasteiger partial charge in [-0.3, -0.25) is 0 Å². The van der Waals surface area contributed by atoms with Crippen LogP contribution in [0.25, 0.3) is 0 Å². The summed E-state index contributed by atoms with van der Waals surface area (Å²) in [6.07, 6.45) is 0. The van der Waals surface area contributed by atoms with Crippen LogP contribution in [0.15, 0.2) is 48.5 Å². The van der Waals surface area contributed by atoms with E-state index in [-0.39, 0.29) is 5.82 Å². The number of benzene rings is 2. The van der Waals surface area contributed by atoms with E-state index in [1.165, 1.54) is 17.2 Å². The number of hydrogen-bond donors (Lipinski definition) is 1. The molecule has 0 saturated heterocycles. The molecule has 0 spiro atoms. The minimum atomic E-state index is -0.183. The van der Waals surface area contributed by atoms with Gasteiger partial charge in [0.1, 0.15) is 5.82 Å².